The molecule has 0 bridgehead atoms. The third-order valence-electron chi connectivity index (χ3n) is 4.19. The molecule has 0 N–H and O–H groups in total. The van der Waals surface area contributed by atoms with Crippen LogP contribution in [0.5, 0.6) is 0 Å². The number of unbranched alkanes of at least 4 members (excludes halogenated alkanes) is 8. The summed E-state index contributed by atoms with van der Waals surface area (Å²) in [7, 11) is 0. The second-order valence-electron chi connectivity index (χ2n) is 6.11. The van der Waals surface area contributed by atoms with Gasteiger partial charge in [0, 0.05) is 18.7 Å². The van der Waals surface area contributed by atoms with Gasteiger partial charge in [-0.25, -0.2) is 0 Å². The Labute approximate surface area is 140 Å². The second-order valence-corrected chi connectivity index (χ2v) is 6.55. The lowest BCUT2D eigenvalue weighted by molar-refractivity contribution is 0.509. The SMILES string of the molecule is SCCCCCCCCCCCn1cc(C2C=CC=C2)nn1. The minimum Gasteiger partial charge on any atom is -0.252 e. The van der Waals surface area contributed by atoms with Crippen molar-refractivity contribution < 1.29 is 0 Å². The zero-order valence-corrected chi connectivity index (χ0v) is 14.4. The standard InChI is InChI=1S/C18H29N3S/c22-15-11-7-5-3-1-2-4-6-10-14-21-16-18(19-20-21)17-12-8-9-13-17/h8-9,12-13,16-17,22H,1-7,10-11,14-15H2. The summed E-state index contributed by atoms with van der Waals surface area (Å²) in [4.78, 5) is 0. The van der Waals surface area contributed by atoms with Gasteiger partial charge in [0.1, 0.15) is 0 Å². The van der Waals surface area contributed by atoms with Crippen molar-refractivity contribution in [3.8, 4) is 0 Å². The zero-order valence-electron chi connectivity index (χ0n) is 13.5. The quantitative estimate of drug-likeness (QED) is 0.437. The molecule has 1 aromatic rings. The van der Waals surface area contributed by atoms with E-state index in [-0.39, 0.29) is 0 Å². The molecule has 2 rings (SSSR count). The van der Waals surface area contributed by atoms with Crippen LogP contribution in [0.2, 0.25) is 0 Å². The third kappa shape index (κ3) is 6.39. The highest BCUT2D eigenvalue weighted by Crippen LogP contribution is 2.20. The molecule has 1 aromatic heterocycles. The predicted molar refractivity (Wildman–Crippen MR) is 96.4 cm³/mol. The van der Waals surface area contributed by atoms with Crippen molar-refractivity contribution in [3.05, 3.63) is 36.2 Å². The van der Waals surface area contributed by atoms with Gasteiger partial charge >= 0.3 is 0 Å². The average molecular weight is 320 g/mol. The molecule has 0 atom stereocenters. The first-order chi connectivity index (χ1) is 10.9. The van der Waals surface area contributed by atoms with E-state index in [0.29, 0.717) is 5.92 Å². The van der Waals surface area contributed by atoms with E-state index in [1.165, 1.54) is 57.8 Å². The van der Waals surface area contributed by atoms with Crippen molar-refractivity contribution >= 4 is 12.6 Å². The summed E-state index contributed by atoms with van der Waals surface area (Å²) < 4.78 is 1.99. The van der Waals surface area contributed by atoms with Crippen molar-refractivity contribution in [2.75, 3.05) is 5.75 Å². The smallest absolute Gasteiger partial charge is 0.0933 e. The molecule has 0 radical (unpaired) electrons. The van der Waals surface area contributed by atoms with Gasteiger partial charge in [-0.2, -0.15) is 12.6 Å². The van der Waals surface area contributed by atoms with E-state index in [1.54, 1.807) is 0 Å². The number of thiol groups is 1. The minimum absolute atomic E-state index is 0.330. The Kier molecular flexibility index (Phi) is 8.39. The molecule has 0 saturated carbocycles. The van der Waals surface area contributed by atoms with Crippen molar-refractivity contribution in [1.82, 2.24) is 15.0 Å². The number of rotatable bonds is 12. The maximum absolute atomic E-state index is 4.27. The third-order valence-corrected chi connectivity index (χ3v) is 4.51. The first-order valence-corrected chi connectivity index (χ1v) is 9.39. The number of aryl methyl sites for hydroxylation is 1. The van der Waals surface area contributed by atoms with Gasteiger partial charge in [0.2, 0.25) is 0 Å². The molecule has 0 unspecified atom stereocenters. The highest BCUT2D eigenvalue weighted by Gasteiger charge is 2.10. The average Bonchev–Trinajstić information content (AvgIpc) is 3.19. The Bertz CT molecular complexity index is 453. The lowest BCUT2D eigenvalue weighted by Gasteiger charge is -2.02. The van der Waals surface area contributed by atoms with E-state index in [4.69, 9.17) is 0 Å². The predicted octanol–water partition coefficient (Wildman–Crippen LogP) is 4.93. The van der Waals surface area contributed by atoms with E-state index in [1.807, 2.05) is 4.68 Å². The van der Waals surface area contributed by atoms with Gasteiger partial charge in [0.05, 0.1) is 5.69 Å². The summed E-state index contributed by atoms with van der Waals surface area (Å²) >= 11 is 4.24. The van der Waals surface area contributed by atoms with Gasteiger partial charge in [0.15, 0.2) is 0 Å². The summed E-state index contributed by atoms with van der Waals surface area (Å²) in [6, 6.07) is 0. The van der Waals surface area contributed by atoms with Gasteiger partial charge in [0.25, 0.3) is 0 Å². The molecule has 0 saturated heterocycles. The monoisotopic (exact) mass is 319 g/mol. The van der Waals surface area contributed by atoms with Crippen LogP contribution < -0.4 is 0 Å². The first kappa shape index (κ1) is 17.3. The van der Waals surface area contributed by atoms with Crippen molar-refractivity contribution in [2.24, 2.45) is 0 Å². The fraction of sp³-hybridized carbons (Fsp3) is 0.667. The summed E-state index contributed by atoms with van der Waals surface area (Å²) in [5.74, 6) is 1.37. The van der Waals surface area contributed by atoms with Crippen molar-refractivity contribution in [2.45, 2.75) is 70.3 Å². The number of allylic oxidation sites excluding steroid dienone is 4. The van der Waals surface area contributed by atoms with E-state index in [2.05, 4.69) is 53.4 Å². The van der Waals surface area contributed by atoms with Crippen LogP contribution >= 0.6 is 12.6 Å². The number of aromatic nitrogens is 3. The Morgan fingerprint density at radius 3 is 2.09 bits per heavy atom. The zero-order chi connectivity index (χ0) is 15.5. The lowest BCUT2D eigenvalue weighted by atomic mass is 10.1. The van der Waals surface area contributed by atoms with Crippen LogP contribution in [0.1, 0.15) is 69.4 Å². The summed E-state index contributed by atoms with van der Waals surface area (Å²) in [6.07, 6.45) is 22.6. The minimum atomic E-state index is 0.330. The second kappa shape index (κ2) is 10.7. The molecule has 1 aliphatic rings. The Balaban J connectivity index is 1.47. The molecule has 122 valence electrons. The fourth-order valence-electron chi connectivity index (χ4n) is 2.83. The molecule has 0 amide bonds. The lowest BCUT2D eigenvalue weighted by Crippen LogP contribution is -1.98. The van der Waals surface area contributed by atoms with Gasteiger partial charge < -0.3 is 0 Å². The van der Waals surface area contributed by atoms with Crippen LogP contribution in [-0.2, 0) is 6.54 Å². The molecule has 0 spiro atoms. The van der Waals surface area contributed by atoms with Crippen LogP contribution in [0, 0.1) is 0 Å². The molecule has 1 heterocycles. The van der Waals surface area contributed by atoms with Gasteiger partial charge in [-0.3, -0.25) is 4.68 Å². The molecule has 0 aliphatic heterocycles. The molecule has 4 heteroatoms. The maximum Gasteiger partial charge on any atom is 0.0933 e. The number of hydrogen-bond acceptors (Lipinski definition) is 3. The number of nitrogens with zero attached hydrogens (tertiary/aromatic N) is 3. The summed E-state index contributed by atoms with van der Waals surface area (Å²) in [5, 5.41) is 8.50. The van der Waals surface area contributed by atoms with E-state index >= 15 is 0 Å². The molecule has 22 heavy (non-hydrogen) atoms. The molecular formula is C18H29N3S. The largest absolute Gasteiger partial charge is 0.252 e. The van der Waals surface area contributed by atoms with Gasteiger partial charge in [-0.15, -0.1) is 5.10 Å². The molecule has 1 aliphatic carbocycles. The van der Waals surface area contributed by atoms with Gasteiger partial charge in [-0.1, -0.05) is 74.5 Å². The van der Waals surface area contributed by atoms with Gasteiger partial charge in [-0.05, 0) is 18.6 Å². The fourth-order valence-corrected chi connectivity index (χ4v) is 3.05. The Hall–Kier alpha value is -1.03. The Morgan fingerprint density at radius 2 is 1.45 bits per heavy atom. The molecular weight excluding hydrogens is 290 g/mol. The highest BCUT2D eigenvalue weighted by atomic mass is 32.1. The topological polar surface area (TPSA) is 30.7 Å². The molecule has 0 fully saturated rings. The molecule has 0 aromatic carbocycles. The van der Waals surface area contributed by atoms with E-state index in [9.17, 15) is 0 Å². The van der Waals surface area contributed by atoms with E-state index < -0.39 is 0 Å². The van der Waals surface area contributed by atoms with Crippen molar-refractivity contribution in [3.63, 3.8) is 0 Å². The van der Waals surface area contributed by atoms with Crippen LogP contribution in [-0.4, -0.2) is 20.7 Å². The van der Waals surface area contributed by atoms with Crippen molar-refractivity contribution in [1.29, 1.82) is 0 Å². The van der Waals surface area contributed by atoms with Crippen LogP contribution in [0.4, 0.5) is 0 Å². The molecule has 3 nitrogen and oxygen atoms in total. The summed E-state index contributed by atoms with van der Waals surface area (Å²) in [6.45, 7) is 0.995. The summed E-state index contributed by atoms with van der Waals surface area (Å²) in [5.41, 5.74) is 1.06. The Morgan fingerprint density at radius 1 is 0.864 bits per heavy atom. The van der Waals surface area contributed by atoms with Crippen LogP contribution in [0.3, 0.4) is 0 Å². The van der Waals surface area contributed by atoms with E-state index in [0.717, 1.165) is 18.0 Å². The maximum atomic E-state index is 4.27. The van der Waals surface area contributed by atoms with Crippen LogP contribution in [0.25, 0.3) is 0 Å². The highest BCUT2D eigenvalue weighted by molar-refractivity contribution is 7.80. The number of hydrogen-bond donors (Lipinski definition) is 1. The normalized spacial score (nSPS) is 14.2. The first-order valence-electron chi connectivity index (χ1n) is 8.76. The van der Waals surface area contributed by atoms with Crippen LogP contribution in [0.15, 0.2) is 30.5 Å².